The van der Waals surface area contributed by atoms with Crippen molar-refractivity contribution in [1.82, 2.24) is 4.90 Å². The molecule has 6 heteroatoms. The van der Waals surface area contributed by atoms with Gasteiger partial charge in [0.1, 0.15) is 28.2 Å². The Balaban J connectivity index is 1.94. The third kappa shape index (κ3) is 4.23. The lowest BCUT2D eigenvalue weighted by Gasteiger charge is -2.12. The van der Waals surface area contributed by atoms with Crippen LogP contribution in [0, 0.1) is 0 Å². The van der Waals surface area contributed by atoms with E-state index in [1.165, 1.54) is 13.2 Å². The molecule has 0 fully saturated rings. The lowest BCUT2D eigenvalue weighted by Crippen LogP contribution is -2.20. The number of rotatable bonds is 7. The van der Waals surface area contributed by atoms with Crippen LogP contribution >= 0.6 is 0 Å². The summed E-state index contributed by atoms with van der Waals surface area (Å²) in [5, 5.41) is 3.77. The van der Waals surface area contributed by atoms with Gasteiger partial charge >= 0.3 is 0 Å². The minimum absolute atomic E-state index is 0.154. The summed E-state index contributed by atoms with van der Waals surface area (Å²) in [5.41, 5.74) is 2.13. The minimum atomic E-state index is -0.154. The Hall–Kier alpha value is -2.99. The lowest BCUT2D eigenvalue weighted by molar-refractivity contribution is 0.396. The molecule has 3 aromatic rings. The van der Waals surface area contributed by atoms with Crippen molar-refractivity contribution in [1.29, 1.82) is 0 Å². The number of nitrogens with zero attached hydrogens (tertiary/aromatic N) is 1. The molecule has 0 radical (unpaired) electrons. The molecule has 2 aromatic carbocycles. The van der Waals surface area contributed by atoms with Crippen LogP contribution in [0.5, 0.6) is 11.5 Å². The number of hydrogen-bond donors (Lipinski definition) is 1. The van der Waals surface area contributed by atoms with Crippen LogP contribution in [0.1, 0.15) is 0 Å². The molecule has 1 N–H and O–H groups in total. The summed E-state index contributed by atoms with van der Waals surface area (Å²) < 4.78 is 16.6. The average Bonchev–Trinajstić information content (AvgIpc) is 2.67. The van der Waals surface area contributed by atoms with Crippen LogP contribution in [0.4, 0.5) is 5.69 Å². The van der Waals surface area contributed by atoms with Gasteiger partial charge in [-0.05, 0) is 38.4 Å². The molecule has 0 saturated heterocycles. The molecule has 0 spiro atoms. The van der Waals surface area contributed by atoms with E-state index in [1.807, 2.05) is 38.4 Å². The SMILES string of the molecule is COc1cc(OC)c2c(=O)cc(-c3ccc(NCCN(C)C)cc3)oc2c1. The van der Waals surface area contributed by atoms with Gasteiger partial charge in [-0.1, -0.05) is 0 Å². The summed E-state index contributed by atoms with van der Waals surface area (Å²) in [4.78, 5) is 14.7. The fourth-order valence-corrected chi connectivity index (χ4v) is 2.83. The summed E-state index contributed by atoms with van der Waals surface area (Å²) in [5.74, 6) is 1.51. The molecule has 1 heterocycles. The minimum Gasteiger partial charge on any atom is -0.496 e. The van der Waals surface area contributed by atoms with Crippen LogP contribution in [0.2, 0.25) is 0 Å². The Morgan fingerprint density at radius 1 is 1.04 bits per heavy atom. The molecule has 0 saturated carbocycles. The van der Waals surface area contributed by atoms with Gasteiger partial charge in [-0.2, -0.15) is 0 Å². The topological polar surface area (TPSA) is 63.9 Å². The molecule has 0 atom stereocenters. The highest BCUT2D eigenvalue weighted by atomic mass is 16.5. The van der Waals surface area contributed by atoms with Crippen LogP contribution < -0.4 is 20.2 Å². The molecule has 142 valence electrons. The Bertz CT molecular complexity index is 978. The molecule has 1 aromatic heterocycles. The van der Waals surface area contributed by atoms with E-state index in [1.54, 1.807) is 19.2 Å². The van der Waals surface area contributed by atoms with Gasteiger partial charge in [0, 0.05) is 42.5 Å². The molecule has 0 amide bonds. The van der Waals surface area contributed by atoms with E-state index in [4.69, 9.17) is 13.9 Å². The Labute approximate surface area is 158 Å². The summed E-state index contributed by atoms with van der Waals surface area (Å²) in [6, 6.07) is 12.7. The van der Waals surface area contributed by atoms with Gasteiger partial charge in [0.25, 0.3) is 0 Å². The Morgan fingerprint density at radius 3 is 2.41 bits per heavy atom. The summed E-state index contributed by atoms with van der Waals surface area (Å²) in [6.07, 6.45) is 0. The number of hydrogen-bond acceptors (Lipinski definition) is 6. The van der Waals surface area contributed by atoms with E-state index in [-0.39, 0.29) is 5.43 Å². The van der Waals surface area contributed by atoms with Crippen molar-refractivity contribution >= 4 is 16.7 Å². The van der Waals surface area contributed by atoms with Crippen LogP contribution in [0.15, 0.2) is 51.7 Å². The van der Waals surface area contributed by atoms with Crippen molar-refractivity contribution in [2.24, 2.45) is 0 Å². The normalized spacial score (nSPS) is 11.0. The van der Waals surface area contributed by atoms with Crippen molar-refractivity contribution in [3.05, 3.63) is 52.7 Å². The molecular formula is C21H24N2O4. The maximum Gasteiger partial charge on any atom is 0.197 e. The van der Waals surface area contributed by atoms with Crippen molar-refractivity contribution in [2.75, 3.05) is 46.7 Å². The highest BCUT2D eigenvalue weighted by molar-refractivity contribution is 5.86. The fraction of sp³-hybridized carbons (Fsp3) is 0.286. The Morgan fingerprint density at radius 2 is 1.78 bits per heavy atom. The van der Waals surface area contributed by atoms with Gasteiger partial charge in [0.15, 0.2) is 5.43 Å². The van der Waals surface area contributed by atoms with Crippen molar-refractivity contribution < 1.29 is 13.9 Å². The van der Waals surface area contributed by atoms with Gasteiger partial charge in [-0.15, -0.1) is 0 Å². The molecule has 27 heavy (non-hydrogen) atoms. The van der Waals surface area contributed by atoms with Gasteiger partial charge in [0.05, 0.1) is 14.2 Å². The smallest absolute Gasteiger partial charge is 0.197 e. The van der Waals surface area contributed by atoms with Gasteiger partial charge < -0.3 is 24.1 Å². The van der Waals surface area contributed by atoms with Gasteiger partial charge in [0.2, 0.25) is 0 Å². The quantitative estimate of drug-likeness (QED) is 0.689. The highest BCUT2D eigenvalue weighted by Gasteiger charge is 2.13. The maximum atomic E-state index is 12.6. The molecule has 0 aliphatic rings. The monoisotopic (exact) mass is 368 g/mol. The van der Waals surface area contributed by atoms with Crippen LogP contribution in [-0.4, -0.2) is 46.3 Å². The fourth-order valence-electron chi connectivity index (χ4n) is 2.83. The second kappa shape index (κ2) is 8.14. The third-order valence-electron chi connectivity index (χ3n) is 4.28. The molecule has 0 aliphatic heterocycles. The first-order valence-electron chi connectivity index (χ1n) is 8.70. The predicted octanol–water partition coefficient (Wildman–Crippen LogP) is 3.45. The van der Waals surface area contributed by atoms with Crippen molar-refractivity contribution in [2.45, 2.75) is 0 Å². The summed E-state index contributed by atoms with van der Waals surface area (Å²) in [6.45, 7) is 1.81. The van der Waals surface area contributed by atoms with Gasteiger partial charge in [-0.25, -0.2) is 0 Å². The molecule has 6 nitrogen and oxygen atoms in total. The molecular weight excluding hydrogens is 344 g/mol. The number of fused-ring (bicyclic) bond motifs is 1. The van der Waals surface area contributed by atoms with E-state index in [0.29, 0.717) is 28.2 Å². The highest BCUT2D eigenvalue weighted by Crippen LogP contribution is 2.31. The zero-order chi connectivity index (χ0) is 19.4. The zero-order valence-electron chi connectivity index (χ0n) is 16.0. The van der Waals surface area contributed by atoms with Crippen LogP contribution in [-0.2, 0) is 0 Å². The first kappa shape index (κ1) is 18.8. The summed E-state index contributed by atoms with van der Waals surface area (Å²) >= 11 is 0. The second-order valence-electron chi connectivity index (χ2n) is 6.49. The first-order valence-corrected chi connectivity index (χ1v) is 8.70. The van der Waals surface area contributed by atoms with Gasteiger partial charge in [-0.3, -0.25) is 4.79 Å². The third-order valence-corrected chi connectivity index (χ3v) is 4.28. The second-order valence-corrected chi connectivity index (χ2v) is 6.49. The number of likely N-dealkylation sites (N-methyl/N-ethyl adjacent to an activating group) is 1. The number of nitrogens with one attached hydrogen (secondary N) is 1. The van der Waals surface area contributed by atoms with Crippen molar-refractivity contribution in [3.63, 3.8) is 0 Å². The predicted molar refractivity (Wildman–Crippen MR) is 108 cm³/mol. The number of benzene rings is 2. The van der Waals surface area contributed by atoms with Crippen LogP contribution in [0.3, 0.4) is 0 Å². The van der Waals surface area contributed by atoms with Crippen molar-refractivity contribution in [3.8, 4) is 22.8 Å². The maximum absolute atomic E-state index is 12.6. The molecule has 0 unspecified atom stereocenters. The van der Waals surface area contributed by atoms with E-state index in [9.17, 15) is 4.79 Å². The zero-order valence-corrected chi connectivity index (χ0v) is 16.0. The Kier molecular flexibility index (Phi) is 5.66. The first-order chi connectivity index (χ1) is 13.0. The van der Waals surface area contributed by atoms with E-state index in [0.717, 1.165) is 24.3 Å². The molecule has 0 aliphatic carbocycles. The molecule has 3 rings (SSSR count). The van der Waals surface area contributed by atoms with E-state index >= 15 is 0 Å². The lowest BCUT2D eigenvalue weighted by atomic mass is 10.1. The van der Waals surface area contributed by atoms with E-state index < -0.39 is 0 Å². The number of ether oxygens (including phenoxy) is 2. The number of anilines is 1. The molecule has 0 bridgehead atoms. The standard InChI is InChI=1S/C21H24N2O4/c1-23(2)10-9-22-15-7-5-14(6-8-15)18-13-17(24)21-19(26-4)11-16(25-3)12-20(21)27-18/h5-8,11-13,22H,9-10H2,1-4H3. The van der Waals surface area contributed by atoms with E-state index in [2.05, 4.69) is 10.2 Å². The summed E-state index contributed by atoms with van der Waals surface area (Å²) in [7, 11) is 7.15. The largest absolute Gasteiger partial charge is 0.496 e. The number of methoxy groups -OCH3 is 2. The van der Waals surface area contributed by atoms with Crippen LogP contribution in [0.25, 0.3) is 22.3 Å². The average molecular weight is 368 g/mol.